The molecule has 0 unspecified atom stereocenters. The molecule has 0 aromatic carbocycles. The van der Waals surface area contributed by atoms with Crippen LogP contribution in [0.5, 0.6) is 0 Å². The maximum Gasteiger partial charge on any atom is 0.0592 e. The van der Waals surface area contributed by atoms with Crippen LogP contribution in [-0.4, -0.2) is 30.7 Å². The van der Waals surface area contributed by atoms with E-state index in [0.717, 1.165) is 30.0 Å². The third kappa shape index (κ3) is 3.45. The molecule has 1 aliphatic heterocycles. The number of halogens is 1. The van der Waals surface area contributed by atoms with E-state index in [1.165, 1.54) is 18.5 Å². The number of pyridine rings is 1. The first-order valence-electron chi connectivity index (χ1n) is 6.75. The lowest BCUT2D eigenvalue weighted by atomic mass is 9.97. The first-order valence-corrected chi connectivity index (χ1v) is 7.54. The number of hydrogen-bond acceptors (Lipinski definition) is 3. The van der Waals surface area contributed by atoms with Crippen LogP contribution in [0.2, 0.25) is 0 Å². The second kappa shape index (κ2) is 6.53. The van der Waals surface area contributed by atoms with Gasteiger partial charge in [-0.15, -0.1) is 0 Å². The third-order valence-corrected chi connectivity index (χ3v) is 4.21. The van der Waals surface area contributed by atoms with Gasteiger partial charge in [-0.2, -0.15) is 0 Å². The number of hydrogen-bond donors (Lipinski definition) is 1. The second-order valence-electron chi connectivity index (χ2n) is 5.27. The highest BCUT2D eigenvalue weighted by molar-refractivity contribution is 9.10. The number of aromatic nitrogens is 1. The van der Waals surface area contributed by atoms with Crippen LogP contribution < -0.4 is 10.2 Å². The van der Waals surface area contributed by atoms with Crippen molar-refractivity contribution in [3.05, 3.63) is 22.9 Å². The molecule has 2 rings (SSSR count). The van der Waals surface area contributed by atoms with Crippen LogP contribution in [0, 0.1) is 5.92 Å². The molecule has 1 aliphatic rings. The molecule has 18 heavy (non-hydrogen) atoms. The summed E-state index contributed by atoms with van der Waals surface area (Å²) >= 11 is 3.61. The summed E-state index contributed by atoms with van der Waals surface area (Å²) in [5.74, 6) is 0.800. The molecule has 3 nitrogen and oxygen atoms in total. The van der Waals surface area contributed by atoms with E-state index in [1.54, 1.807) is 0 Å². The molecule has 1 aromatic heterocycles. The Morgan fingerprint density at radius 1 is 1.44 bits per heavy atom. The van der Waals surface area contributed by atoms with E-state index in [0.29, 0.717) is 6.04 Å². The molecule has 1 fully saturated rings. The van der Waals surface area contributed by atoms with Gasteiger partial charge in [0.15, 0.2) is 0 Å². The van der Waals surface area contributed by atoms with Crippen LogP contribution >= 0.6 is 15.9 Å². The minimum absolute atomic E-state index is 0.513. The predicted molar refractivity (Wildman–Crippen MR) is 80.0 cm³/mol. The Morgan fingerprint density at radius 3 is 2.78 bits per heavy atom. The quantitative estimate of drug-likeness (QED) is 0.926. The normalized spacial score (nSPS) is 17.1. The van der Waals surface area contributed by atoms with Gasteiger partial charge in [-0.3, -0.25) is 4.98 Å². The Kier molecular flexibility index (Phi) is 5.01. The van der Waals surface area contributed by atoms with Crippen molar-refractivity contribution in [3.63, 3.8) is 0 Å². The van der Waals surface area contributed by atoms with Crippen molar-refractivity contribution in [2.75, 3.05) is 24.5 Å². The van der Waals surface area contributed by atoms with Crippen molar-refractivity contribution in [1.82, 2.24) is 10.3 Å². The van der Waals surface area contributed by atoms with Gasteiger partial charge in [0.2, 0.25) is 0 Å². The minimum atomic E-state index is 0.513. The fraction of sp³-hybridized carbons (Fsp3) is 0.643. The van der Waals surface area contributed by atoms with Crippen LogP contribution in [0.1, 0.15) is 26.7 Å². The lowest BCUT2D eigenvalue weighted by Gasteiger charge is -2.35. The Morgan fingerprint density at radius 2 is 2.17 bits per heavy atom. The third-order valence-electron chi connectivity index (χ3n) is 3.60. The fourth-order valence-corrected chi connectivity index (χ4v) is 3.01. The molecule has 2 heterocycles. The summed E-state index contributed by atoms with van der Waals surface area (Å²) in [6, 6.07) is 2.61. The van der Waals surface area contributed by atoms with Gasteiger partial charge in [0.25, 0.3) is 0 Å². The molecule has 0 bridgehead atoms. The van der Waals surface area contributed by atoms with Crippen molar-refractivity contribution in [2.24, 2.45) is 5.92 Å². The highest BCUT2D eigenvalue weighted by Gasteiger charge is 2.20. The molecular weight excluding hydrogens is 290 g/mol. The second-order valence-corrected chi connectivity index (χ2v) is 6.12. The maximum absolute atomic E-state index is 4.15. The molecule has 0 amide bonds. The van der Waals surface area contributed by atoms with E-state index in [-0.39, 0.29) is 0 Å². The summed E-state index contributed by atoms with van der Waals surface area (Å²) in [7, 11) is 0. The van der Waals surface area contributed by atoms with E-state index < -0.39 is 0 Å². The number of anilines is 1. The molecule has 100 valence electrons. The average molecular weight is 312 g/mol. The summed E-state index contributed by atoms with van der Waals surface area (Å²) < 4.78 is 1.09. The van der Waals surface area contributed by atoms with Crippen molar-refractivity contribution in [2.45, 2.75) is 32.7 Å². The smallest absolute Gasteiger partial charge is 0.0592 e. The Hall–Kier alpha value is -0.610. The molecule has 0 spiro atoms. The summed E-state index contributed by atoms with van der Waals surface area (Å²) in [5, 5.41) is 3.43. The zero-order valence-electron chi connectivity index (χ0n) is 11.2. The number of piperidine rings is 1. The molecule has 1 aromatic rings. The van der Waals surface area contributed by atoms with Gasteiger partial charge in [-0.25, -0.2) is 0 Å². The lowest BCUT2D eigenvalue weighted by Crippen LogP contribution is -2.39. The SMILES string of the molecule is CC(C)N(CC1CCNCC1)c1ccncc1Br. The van der Waals surface area contributed by atoms with Crippen LogP contribution in [0.4, 0.5) is 5.69 Å². The Labute approximate surface area is 118 Å². The van der Waals surface area contributed by atoms with Crippen LogP contribution in [-0.2, 0) is 0 Å². The molecule has 4 heteroatoms. The van der Waals surface area contributed by atoms with Crippen LogP contribution in [0.15, 0.2) is 22.9 Å². The highest BCUT2D eigenvalue weighted by atomic mass is 79.9. The molecule has 1 saturated heterocycles. The van der Waals surface area contributed by atoms with Crippen molar-refractivity contribution < 1.29 is 0 Å². The van der Waals surface area contributed by atoms with Gasteiger partial charge < -0.3 is 10.2 Å². The van der Waals surface area contributed by atoms with E-state index >= 15 is 0 Å². The molecular formula is C14H22BrN3. The molecule has 0 radical (unpaired) electrons. The number of nitrogens with zero attached hydrogens (tertiary/aromatic N) is 2. The molecule has 0 atom stereocenters. The van der Waals surface area contributed by atoms with Gasteiger partial charge in [0, 0.05) is 25.0 Å². The maximum atomic E-state index is 4.15. The number of nitrogens with one attached hydrogen (secondary N) is 1. The van der Waals surface area contributed by atoms with E-state index in [9.17, 15) is 0 Å². The standard InChI is InChI=1S/C14H22BrN3/c1-11(2)18(10-12-3-6-16-7-4-12)14-5-8-17-9-13(14)15/h5,8-9,11-12,16H,3-4,6-7,10H2,1-2H3. The van der Waals surface area contributed by atoms with E-state index in [4.69, 9.17) is 0 Å². The summed E-state index contributed by atoms with van der Waals surface area (Å²) in [6.07, 6.45) is 6.32. The zero-order valence-corrected chi connectivity index (χ0v) is 12.8. The van der Waals surface area contributed by atoms with Gasteiger partial charge >= 0.3 is 0 Å². The van der Waals surface area contributed by atoms with Gasteiger partial charge in [-0.05, 0) is 67.7 Å². The van der Waals surface area contributed by atoms with Gasteiger partial charge in [-0.1, -0.05) is 0 Å². The topological polar surface area (TPSA) is 28.2 Å². The molecule has 0 saturated carbocycles. The first kappa shape index (κ1) is 13.8. The van der Waals surface area contributed by atoms with E-state index in [1.807, 2.05) is 12.4 Å². The molecule has 0 aliphatic carbocycles. The first-order chi connectivity index (χ1) is 8.68. The van der Waals surface area contributed by atoms with Crippen molar-refractivity contribution >= 4 is 21.6 Å². The highest BCUT2D eigenvalue weighted by Crippen LogP contribution is 2.28. The minimum Gasteiger partial charge on any atom is -0.368 e. The summed E-state index contributed by atoms with van der Waals surface area (Å²) in [4.78, 5) is 6.64. The monoisotopic (exact) mass is 311 g/mol. The van der Waals surface area contributed by atoms with Crippen molar-refractivity contribution in [3.8, 4) is 0 Å². The number of rotatable bonds is 4. The largest absolute Gasteiger partial charge is 0.368 e. The van der Waals surface area contributed by atoms with Crippen molar-refractivity contribution in [1.29, 1.82) is 0 Å². The molecule has 1 N–H and O–H groups in total. The average Bonchev–Trinajstić information content (AvgIpc) is 2.38. The van der Waals surface area contributed by atoms with Gasteiger partial charge in [0.05, 0.1) is 10.2 Å². The summed E-state index contributed by atoms with van der Waals surface area (Å²) in [5.41, 5.74) is 1.26. The van der Waals surface area contributed by atoms with Crippen LogP contribution in [0.25, 0.3) is 0 Å². The van der Waals surface area contributed by atoms with Gasteiger partial charge in [0.1, 0.15) is 0 Å². The Balaban J connectivity index is 2.10. The lowest BCUT2D eigenvalue weighted by molar-refractivity contribution is 0.367. The zero-order chi connectivity index (χ0) is 13.0. The summed E-state index contributed by atoms with van der Waals surface area (Å²) in [6.45, 7) is 7.98. The fourth-order valence-electron chi connectivity index (χ4n) is 2.53. The van der Waals surface area contributed by atoms with Crippen LogP contribution in [0.3, 0.4) is 0 Å². The Bertz CT molecular complexity index is 375. The van der Waals surface area contributed by atoms with E-state index in [2.05, 4.69) is 51.0 Å². The predicted octanol–water partition coefficient (Wildman–Crippen LogP) is 3.06.